The van der Waals surface area contributed by atoms with Gasteiger partial charge >= 0.3 is 0 Å². The van der Waals surface area contributed by atoms with Gasteiger partial charge in [0.15, 0.2) is 9.84 Å². The zero-order valence-corrected chi connectivity index (χ0v) is 14.4. The van der Waals surface area contributed by atoms with Crippen LogP contribution in [-0.2, 0) is 27.6 Å². The van der Waals surface area contributed by atoms with Crippen LogP contribution >= 0.6 is 0 Å². The number of amides is 1. The second-order valence-corrected chi connectivity index (χ2v) is 8.36. The van der Waals surface area contributed by atoms with Gasteiger partial charge in [0.1, 0.15) is 5.82 Å². The van der Waals surface area contributed by atoms with E-state index in [-0.39, 0.29) is 17.4 Å². The summed E-state index contributed by atoms with van der Waals surface area (Å²) in [6, 6.07) is 9.99. The van der Waals surface area contributed by atoms with Crippen LogP contribution in [0.1, 0.15) is 24.5 Å². The summed E-state index contributed by atoms with van der Waals surface area (Å²) in [5, 5.41) is 7.06. The van der Waals surface area contributed by atoms with Crippen LogP contribution in [0.3, 0.4) is 0 Å². The highest BCUT2D eigenvalue weighted by molar-refractivity contribution is 7.91. The van der Waals surface area contributed by atoms with Gasteiger partial charge in [0.25, 0.3) is 0 Å². The van der Waals surface area contributed by atoms with Crippen LogP contribution in [0, 0.1) is 5.92 Å². The molecule has 1 saturated heterocycles. The number of hydrogen-bond donors (Lipinski definition) is 1. The van der Waals surface area contributed by atoms with Crippen LogP contribution in [0.5, 0.6) is 0 Å². The fraction of sp³-hybridized carbons (Fsp3) is 0.412. The largest absolute Gasteiger partial charge is 0.311 e. The molecule has 0 saturated carbocycles. The Morgan fingerprint density at radius 3 is 2.58 bits per heavy atom. The van der Waals surface area contributed by atoms with Gasteiger partial charge in [-0.1, -0.05) is 31.2 Å². The molecule has 2 aromatic rings. The third-order valence-corrected chi connectivity index (χ3v) is 6.10. The molecule has 0 unspecified atom stereocenters. The quantitative estimate of drug-likeness (QED) is 0.895. The van der Waals surface area contributed by atoms with Crippen molar-refractivity contribution in [3.63, 3.8) is 0 Å². The maximum absolute atomic E-state index is 12.3. The Labute approximate surface area is 141 Å². The van der Waals surface area contributed by atoms with Crippen molar-refractivity contribution in [1.82, 2.24) is 9.78 Å². The third-order valence-electron chi connectivity index (χ3n) is 4.33. The minimum Gasteiger partial charge on any atom is -0.311 e. The van der Waals surface area contributed by atoms with Crippen LogP contribution in [0.4, 0.5) is 5.82 Å². The van der Waals surface area contributed by atoms with Gasteiger partial charge in [0, 0.05) is 6.07 Å². The molecule has 2 heterocycles. The average molecular weight is 347 g/mol. The fourth-order valence-electron chi connectivity index (χ4n) is 2.85. The molecular weight excluding hydrogens is 326 g/mol. The first-order chi connectivity index (χ1) is 11.5. The summed E-state index contributed by atoms with van der Waals surface area (Å²) >= 11 is 0. The number of hydrogen-bond acceptors (Lipinski definition) is 4. The Morgan fingerprint density at radius 2 is 1.96 bits per heavy atom. The van der Waals surface area contributed by atoms with E-state index in [9.17, 15) is 13.2 Å². The Balaban J connectivity index is 1.67. The van der Waals surface area contributed by atoms with Crippen LogP contribution in [0.15, 0.2) is 36.5 Å². The molecule has 1 N–H and O–H groups in total. The number of nitrogens with one attached hydrogen (secondary N) is 1. The van der Waals surface area contributed by atoms with Crippen molar-refractivity contribution in [2.75, 3.05) is 16.8 Å². The summed E-state index contributed by atoms with van der Waals surface area (Å²) in [6.45, 7) is 2.66. The average Bonchev–Trinajstić information content (AvgIpc) is 3.14. The summed E-state index contributed by atoms with van der Waals surface area (Å²) in [7, 11) is -3.07. The molecule has 24 heavy (non-hydrogen) atoms. The lowest BCUT2D eigenvalue weighted by molar-refractivity contribution is -0.119. The molecule has 0 aliphatic carbocycles. The molecule has 0 bridgehead atoms. The first kappa shape index (κ1) is 16.7. The molecule has 0 radical (unpaired) electrons. The van der Waals surface area contributed by atoms with E-state index in [0.717, 1.165) is 12.0 Å². The predicted molar refractivity (Wildman–Crippen MR) is 92.5 cm³/mol. The fourth-order valence-corrected chi connectivity index (χ4v) is 4.59. The van der Waals surface area contributed by atoms with E-state index in [1.807, 2.05) is 0 Å². The topological polar surface area (TPSA) is 81.1 Å². The van der Waals surface area contributed by atoms with Gasteiger partial charge in [0.2, 0.25) is 5.91 Å². The maximum Gasteiger partial charge on any atom is 0.229 e. The first-order valence-corrected chi connectivity index (χ1v) is 9.90. The number of carbonyl (C=O) groups excluding carboxylic acids is 1. The molecule has 7 heteroatoms. The summed E-state index contributed by atoms with van der Waals surface area (Å²) in [5.74, 6) is -0.107. The molecule has 1 aliphatic heterocycles. The van der Waals surface area contributed by atoms with Crippen molar-refractivity contribution in [3.8, 4) is 0 Å². The number of benzene rings is 1. The predicted octanol–water partition coefficient (Wildman–Crippen LogP) is 1.87. The zero-order chi connectivity index (χ0) is 17.2. The van der Waals surface area contributed by atoms with Gasteiger partial charge < -0.3 is 5.32 Å². The number of anilines is 1. The Kier molecular flexibility index (Phi) is 4.71. The highest BCUT2D eigenvalue weighted by Crippen LogP contribution is 2.20. The number of nitrogens with zero attached hydrogens (tertiary/aromatic N) is 2. The lowest BCUT2D eigenvalue weighted by Gasteiger charge is -2.12. The molecule has 128 valence electrons. The minimum atomic E-state index is -3.07. The van der Waals surface area contributed by atoms with Crippen molar-refractivity contribution < 1.29 is 13.2 Å². The summed E-state index contributed by atoms with van der Waals surface area (Å²) < 4.78 is 24.7. The molecule has 1 atom stereocenters. The number of sulfone groups is 1. The van der Waals surface area contributed by atoms with Crippen molar-refractivity contribution in [3.05, 3.63) is 47.7 Å². The highest BCUT2D eigenvalue weighted by Gasteiger charge is 2.33. The van der Waals surface area contributed by atoms with Crippen LogP contribution in [0.25, 0.3) is 0 Å². The molecule has 0 spiro atoms. The number of carbonyl (C=O) groups is 1. The van der Waals surface area contributed by atoms with E-state index in [2.05, 4.69) is 41.6 Å². The summed E-state index contributed by atoms with van der Waals surface area (Å²) in [6.07, 6.45) is 3.01. The van der Waals surface area contributed by atoms with Gasteiger partial charge in [-0.3, -0.25) is 4.79 Å². The minimum absolute atomic E-state index is 0.0640. The number of aryl methyl sites for hydroxylation is 1. The van der Waals surface area contributed by atoms with Crippen molar-refractivity contribution >= 4 is 21.6 Å². The van der Waals surface area contributed by atoms with Crippen LogP contribution in [0.2, 0.25) is 0 Å². The van der Waals surface area contributed by atoms with E-state index in [4.69, 9.17) is 0 Å². The summed E-state index contributed by atoms with van der Waals surface area (Å²) in [4.78, 5) is 12.3. The van der Waals surface area contributed by atoms with E-state index in [0.29, 0.717) is 18.8 Å². The van der Waals surface area contributed by atoms with Crippen molar-refractivity contribution in [2.24, 2.45) is 5.92 Å². The Morgan fingerprint density at radius 1 is 1.25 bits per heavy atom. The van der Waals surface area contributed by atoms with Crippen molar-refractivity contribution in [1.29, 1.82) is 0 Å². The first-order valence-electron chi connectivity index (χ1n) is 8.08. The van der Waals surface area contributed by atoms with Gasteiger partial charge in [-0.15, -0.1) is 0 Å². The second kappa shape index (κ2) is 6.76. The Bertz CT molecular complexity index is 825. The zero-order valence-electron chi connectivity index (χ0n) is 13.6. The van der Waals surface area contributed by atoms with Gasteiger partial charge in [-0.25, -0.2) is 13.1 Å². The third kappa shape index (κ3) is 3.84. The smallest absolute Gasteiger partial charge is 0.229 e. The van der Waals surface area contributed by atoms with Crippen molar-refractivity contribution in [2.45, 2.75) is 26.3 Å². The molecule has 3 rings (SSSR count). The standard InChI is InChI=1S/C17H21N3O3S/c1-2-13-3-5-14(6-4-13)11-20-16(7-9-18-20)19-17(21)15-8-10-24(22,23)12-15/h3-7,9,15H,2,8,10-12H2,1H3,(H,19,21)/t15-/m0/s1. The van der Waals surface area contributed by atoms with Gasteiger partial charge in [0.05, 0.1) is 30.2 Å². The normalized spacial score (nSPS) is 19.3. The van der Waals surface area contributed by atoms with Crippen LogP contribution < -0.4 is 5.32 Å². The molecular formula is C17H21N3O3S. The molecule has 1 amide bonds. The molecule has 6 nitrogen and oxygen atoms in total. The summed E-state index contributed by atoms with van der Waals surface area (Å²) in [5.41, 5.74) is 2.37. The molecule has 1 aliphatic rings. The Hall–Kier alpha value is -2.15. The highest BCUT2D eigenvalue weighted by atomic mass is 32.2. The van der Waals surface area contributed by atoms with E-state index >= 15 is 0 Å². The lowest BCUT2D eigenvalue weighted by atomic mass is 10.1. The maximum atomic E-state index is 12.3. The van der Waals surface area contributed by atoms with E-state index in [1.54, 1.807) is 16.9 Å². The second-order valence-electron chi connectivity index (χ2n) is 6.13. The van der Waals surface area contributed by atoms with E-state index in [1.165, 1.54) is 5.56 Å². The van der Waals surface area contributed by atoms with Gasteiger partial charge in [-0.2, -0.15) is 5.10 Å². The molecule has 1 aromatic carbocycles. The number of rotatable bonds is 5. The van der Waals surface area contributed by atoms with Gasteiger partial charge in [-0.05, 0) is 24.0 Å². The lowest BCUT2D eigenvalue weighted by Crippen LogP contribution is -2.25. The molecule has 1 aromatic heterocycles. The number of aromatic nitrogens is 2. The van der Waals surface area contributed by atoms with E-state index < -0.39 is 15.8 Å². The monoisotopic (exact) mass is 347 g/mol. The molecule has 1 fully saturated rings. The SMILES string of the molecule is CCc1ccc(Cn2nccc2NC(=O)[C@H]2CCS(=O)(=O)C2)cc1. The van der Waals surface area contributed by atoms with Crippen LogP contribution in [-0.4, -0.2) is 35.6 Å².